The second kappa shape index (κ2) is 1.53. The molecular formula is C3H6N2S. The van der Waals surface area contributed by atoms with E-state index in [1.54, 1.807) is 11.9 Å². The van der Waals surface area contributed by atoms with Crippen molar-refractivity contribution in [3.8, 4) is 0 Å². The van der Waals surface area contributed by atoms with E-state index in [-0.39, 0.29) is 0 Å². The van der Waals surface area contributed by atoms with Crippen LogP contribution in [0, 0.1) is 0 Å². The summed E-state index contributed by atoms with van der Waals surface area (Å²) in [5.41, 5.74) is 0. The second-order valence-electron chi connectivity index (χ2n) is 1.00. The molecule has 1 N–H and O–H groups in total. The Balaban J connectivity index is 1.90. The summed E-state index contributed by atoms with van der Waals surface area (Å²) in [6, 6.07) is 0. The number of hydrogen-bond donors (Lipinski definition) is 1. The van der Waals surface area contributed by atoms with Crippen molar-refractivity contribution in [1.29, 1.82) is 0 Å². The van der Waals surface area contributed by atoms with Crippen LogP contribution in [0.15, 0.2) is 12.4 Å². The molecule has 6 heavy (non-hydrogen) atoms. The molecule has 0 aliphatic carbocycles. The third-order valence-electron chi connectivity index (χ3n) is 0.495. The average Bonchev–Trinajstić information content (AvgIpc) is 2.21. The van der Waals surface area contributed by atoms with E-state index >= 15 is 0 Å². The Kier molecular flexibility index (Phi) is 1.03. The lowest BCUT2D eigenvalue weighted by atomic mass is 11.3. The Morgan fingerprint density at radius 3 is 2.50 bits per heavy atom. The topological polar surface area (TPSA) is 15.0 Å². The van der Waals surface area contributed by atoms with E-state index in [1.807, 2.05) is 23.7 Å². The molecule has 0 saturated carbocycles. The molecule has 0 aromatic heterocycles. The van der Waals surface area contributed by atoms with Crippen molar-refractivity contribution in [1.82, 2.24) is 9.84 Å². The molecule has 34 valence electrons. The summed E-state index contributed by atoms with van der Waals surface area (Å²) in [4.78, 5) is 2.96. The van der Waals surface area contributed by atoms with E-state index < -0.39 is 0 Å². The van der Waals surface area contributed by atoms with E-state index in [0.29, 0.717) is 0 Å². The number of rotatable bonds is 2. The Morgan fingerprint density at radius 2 is 2.33 bits per heavy atom. The summed E-state index contributed by atoms with van der Waals surface area (Å²) in [6.07, 6.45) is 5.90. The van der Waals surface area contributed by atoms with Crippen LogP contribution in [0.25, 0.3) is 0 Å². The summed E-state index contributed by atoms with van der Waals surface area (Å²) >= 11 is 1.59. The SMILES string of the molecule is CSNN1C=C1. The third-order valence-corrected chi connectivity index (χ3v) is 0.888. The van der Waals surface area contributed by atoms with E-state index in [4.69, 9.17) is 0 Å². The fraction of sp³-hybridized carbons (Fsp3) is 0.333. The monoisotopic (exact) mass is 102 g/mol. The Morgan fingerprint density at radius 1 is 1.67 bits per heavy atom. The van der Waals surface area contributed by atoms with Gasteiger partial charge in [-0.1, -0.05) is 11.9 Å². The first-order chi connectivity index (χ1) is 2.93. The number of hydrazine groups is 1. The van der Waals surface area contributed by atoms with Crippen molar-refractivity contribution >= 4 is 11.9 Å². The first-order valence-electron chi connectivity index (χ1n) is 1.69. The van der Waals surface area contributed by atoms with Crippen LogP contribution < -0.4 is 4.83 Å². The Labute approximate surface area is 41.3 Å². The van der Waals surface area contributed by atoms with Crippen LogP contribution in [0.3, 0.4) is 0 Å². The summed E-state index contributed by atoms with van der Waals surface area (Å²) in [7, 11) is 0. The lowest BCUT2D eigenvalue weighted by Gasteiger charge is -1.96. The molecule has 0 atom stereocenters. The van der Waals surface area contributed by atoms with E-state index in [1.165, 1.54) is 0 Å². The van der Waals surface area contributed by atoms with Crippen LogP contribution in [0.1, 0.15) is 0 Å². The molecule has 0 unspecified atom stereocenters. The summed E-state index contributed by atoms with van der Waals surface area (Å²) in [6.45, 7) is 0. The van der Waals surface area contributed by atoms with Gasteiger partial charge in [0.1, 0.15) is 0 Å². The van der Waals surface area contributed by atoms with E-state index in [9.17, 15) is 0 Å². The molecule has 2 nitrogen and oxygen atoms in total. The quantitative estimate of drug-likeness (QED) is 0.513. The summed E-state index contributed by atoms with van der Waals surface area (Å²) in [5.74, 6) is 0. The second-order valence-corrected chi connectivity index (χ2v) is 1.59. The van der Waals surface area contributed by atoms with Crippen molar-refractivity contribution in [2.75, 3.05) is 6.26 Å². The zero-order chi connectivity index (χ0) is 4.41. The van der Waals surface area contributed by atoms with Crippen LogP contribution in [0.4, 0.5) is 0 Å². The van der Waals surface area contributed by atoms with Crippen LogP contribution >= 0.6 is 11.9 Å². The zero-order valence-corrected chi connectivity index (χ0v) is 4.33. The third kappa shape index (κ3) is 0.914. The molecule has 0 spiro atoms. The molecule has 0 fully saturated rings. The largest absolute Gasteiger partial charge is 0.279 e. The highest BCUT2D eigenvalue weighted by atomic mass is 32.2. The molecule has 0 saturated heterocycles. The Hall–Kier alpha value is -0.150. The predicted molar refractivity (Wildman–Crippen MR) is 27.6 cm³/mol. The van der Waals surface area contributed by atoms with Crippen molar-refractivity contribution in [3.05, 3.63) is 12.4 Å². The molecular weight excluding hydrogens is 96.1 g/mol. The molecule has 0 amide bonds. The molecule has 0 aromatic rings. The highest BCUT2D eigenvalue weighted by molar-refractivity contribution is 7.96. The fourth-order valence-electron chi connectivity index (χ4n) is 0.200. The number of nitrogens with one attached hydrogen (secondary N) is 1. The molecule has 3 heteroatoms. The van der Waals surface area contributed by atoms with Gasteiger partial charge in [-0.2, -0.15) is 4.83 Å². The van der Waals surface area contributed by atoms with Gasteiger partial charge in [0.2, 0.25) is 0 Å². The van der Waals surface area contributed by atoms with Crippen LogP contribution in [0.2, 0.25) is 0 Å². The minimum atomic E-state index is 1.59. The summed E-state index contributed by atoms with van der Waals surface area (Å²) in [5, 5.41) is 1.89. The van der Waals surface area contributed by atoms with Gasteiger partial charge in [-0.3, -0.25) is 5.01 Å². The molecule has 0 radical (unpaired) electrons. The highest BCUT2D eigenvalue weighted by Gasteiger charge is 1.99. The van der Waals surface area contributed by atoms with Crippen molar-refractivity contribution < 1.29 is 0 Å². The highest BCUT2D eigenvalue weighted by Crippen LogP contribution is 2.02. The average molecular weight is 102 g/mol. The zero-order valence-electron chi connectivity index (χ0n) is 3.51. The smallest absolute Gasteiger partial charge is 0.0397 e. The molecule has 0 aromatic carbocycles. The normalized spacial score (nSPS) is 15.8. The molecule has 1 aliphatic heterocycles. The maximum absolute atomic E-state index is 2.96. The maximum Gasteiger partial charge on any atom is 0.0397 e. The fourth-order valence-corrected chi connectivity index (χ4v) is 0.532. The van der Waals surface area contributed by atoms with Gasteiger partial charge in [-0.05, 0) is 6.26 Å². The predicted octanol–water partition coefficient (Wildman–Crippen LogP) is 0.556. The van der Waals surface area contributed by atoms with Gasteiger partial charge in [-0.25, -0.2) is 0 Å². The van der Waals surface area contributed by atoms with Gasteiger partial charge in [0.25, 0.3) is 0 Å². The van der Waals surface area contributed by atoms with Gasteiger partial charge >= 0.3 is 0 Å². The lowest BCUT2D eigenvalue weighted by Crippen LogP contribution is -2.08. The van der Waals surface area contributed by atoms with Gasteiger partial charge in [0.05, 0.1) is 0 Å². The van der Waals surface area contributed by atoms with Gasteiger partial charge in [0.15, 0.2) is 0 Å². The Bertz CT molecular complexity index is 65.2. The molecule has 1 rings (SSSR count). The standard InChI is InChI=1S/C3H6N2S/c1-6-4-5-2-3-5/h2-4H,1H3. The van der Waals surface area contributed by atoms with Gasteiger partial charge in [-0.15, -0.1) is 0 Å². The van der Waals surface area contributed by atoms with Gasteiger partial charge in [0, 0.05) is 12.4 Å². The maximum atomic E-state index is 2.96. The van der Waals surface area contributed by atoms with Crippen molar-refractivity contribution in [2.45, 2.75) is 0 Å². The van der Waals surface area contributed by atoms with Crippen LogP contribution in [0.5, 0.6) is 0 Å². The van der Waals surface area contributed by atoms with E-state index in [0.717, 1.165) is 0 Å². The van der Waals surface area contributed by atoms with Crippen molar-refractivity contribution in [2.24, 2.45) is 0 Å². The van der Waals surface area contributed by atoms with Crippen LogP contribution in [-0.4, -0.2) is 11.3 Å². The number of nitrogens with zero attached hydrogens (tertiary/aromatic N) is 1. The van der Waals surface area contributed by atoms with Gasteiger partial charge < -0.3 is 0 Å². The number of hydrogen-bond acceptors (Lipinski definition) is 3. The van der Waals surface area contributed by atoms with Crippen LogP contribution in [-0.2, 0) is 0 Å². The summed E-state index contributed by atoms with van der Waals surface area (Å²) < 4.78 is 0. The first-order valence-corrected chi connectivity index (χ1v) is 2.91. The molecule has 0 bridgehead atoms. The molecule has 1 aliphatic rings. The lowest BCUT2D eigenvalue weighted by molar-refractivity contribution is 0.590. The minimum Gasteiger partial charge on any atom is -0.279 e. The van der Waals surface area contributed by atoms with E-state index in [2.05, 4.69) is 4.83 Å². The van der Waals surface area contributed by atoms with Crippen molar-refractivity contribution in [3.63, 3.8) is 0 Å². The first kappa shape index (κ1) is 4.02. The minimum absolute atomic E-state index is 1.59. The molecule has 1 heterocycles.